The molecular weight excluding hydrogens is 258 g/mol. The molecule has 20 heavy (non-hydrogen) atoms. The van der Waals surface area contributed by atoms with Gasteiger partial charge in [0.15, 0.2) is 0 Å². The second-order valence-electron chi connectivity index (χ2n) is 5.70. The van der Waals surface area contributed by atoms with Gasteiger partial charge in [0.05, 0.1) is 5.60 Å². The van der Waals surface area contributed by atoms with Gasteiger partial charge in [0.2, 0.25) is 0 Å². The molecule has 0 spiro atoms. The van der Waals surface area contributed by atoms with E-state index in [4.69, 9.17) is 10.5 Å². The molecule has 0 saturated heterocycles. The highest BCUT2D eigenvalue weighted by molar-refractivity contribution is 5.96. The Kier molecular flexibility index (Phi) is 6.42. The molecule has 3 amide bonds. The maximum atomic E-state index is 11.9. The predicted octanol–water partition coefficient (Wildman–Crippen LogP) is 1.14. The fourth-order valence-electron chi connectivity index (χ4n) is 2.80. The lowest BCUT2D eigenvalue weighted by Gasteiger charge is -2.40. The van der Waals surface area contributed by atoms with E-state index in [0.29, 0.717) is 19.0 Å². The van der Waals surface area contributed by atoms with Crippen LogP contribution < -0.4 is 16.4 Å². The standard InChI is InChI=1S/C14H27N3O3/c1-4-16-13(19)17-12(18)11(3)20-14(9-15)7-5-6-10(2)8-14/h10-11H,4-9,15H2,1-3H3,(H2,16,17,18,19). The zero-order chi connectivity index (χ0) is 15.2. The average Bonchev–Trinajstić information content (AvgIpc) is 2.38. The molecular formula is C14H27N3O3. The summed E-state index contributed by atoms with van der Waals surface area (Å²) in [7, 11) is 0. The zero-order valence-electron chi connectivity index (χ0n) is 12.7. The van der Waals surface area contributed by atoms with Crippen molar-refractivity contribution in [1.29, 1.82) is 0 Å². The number of hydrogen-bond donors (Lipinski definition) is 3. The number of nitrogens with one attached hydrogen (secondary N) is 2. The Morgan fingerprint density at radius 1 is 1.50 bits per heavy atom. The molecule has 0 heterocycles. The minimum atomic E-state index is -0.688. The van der Waals surface area contributed by atoms with Gasteiger partial charge >= 0.3 is 6.03 Å². The van der Waals surface area contributed by atoms with E-state index in [9.17, 15) is 9.59 Å². The molecule has 1 saturated carbocycles. The Bertz CT molecular complexity index is 349. The van der Waals surface area contributed by atoms with Gasteiger partial charge in [-0.05, 0) is 32.6 Å². The maximum absolute atomic E-state index is 11.9. The molecule has 0 bridgehead atoms. The van der Waals surface area contributed by atoms with Crippen LogP contribution in [0.25, 0.3) is 0 Å². The summed E-state index contributed by atoms with van der Waals surface area (Å²) < 4.78 is 5.92. The first-order valence-corrected chi connectivity index (χ1v) is 7.39. The van der Waals surface area contributed by atoms with Crippen LogP contribution in [0, 0.1) is 5.92 Å². The van der Waals surface area contributed by atoms with Gasteiger partial charge in [0.25, 0.3) is 5.91 Å². The molecule has 116 valence electrons. The van der Waals surface area contributed by atoms with E-state index in [0.717, 1.165) is 19.3 Å². The number of carbonyl (C=O) groups is 2. The third kappa shape index (κ3) is 4.76. The molecule has 0 aliphatic heterocycles. The van der Waals surface area contributed by atoms with Crippen LogP contribution in [0.15, 0.2) is 0 Å². The minimum Gasteiger partial charge on any atom is -0.361 e. The molecule has 3 unspecified atom stereocenters. The molecule has 1 aliphatic carbocycles. The fraction of sp³-hybridized carbons (Fsp3) is 0.857. The summed E-state index contributed by atoms with van der Waals surface area (Å²) in [5.74, 6) is 0.118. The lowest BCUT2D eigenvalue weighted by atomic mass is 9.78. The van der Waals surface area contributed by atoms with Crippen molar-refractivity contribution in [2.45, 2.75) is 58.2 Å². The maximum Gasteiger partial charge on any atom is 0.321 e. The third-order valence-corrected chi connectivity index (χ3v) is 3.79. The van der Waals surface area contributed by atoms with Gasteiger partial charge in [-0.15, -0.1) is 0 Å². The summed E-state index contributed by atoms with van der Waals surface area (Å²) in [6, 6.07) is -0.494. The molecule has 1 rings (SSSR count). The second kappa shape index (κ2) is 7.59. The van der Waals surface area contributed by atoms with Gasteiger partial charge in [0.1, 0.15) is 6.10 Å². The second-order valence-corrected chi connectivity index (χ2v) is 5.70. The van der Waals surface area contributed by atoms with E-state index in [1.807, 2.05) is 0 Å². The van der Waals surface area contributed by atoms with Gasteiger partial charge in [-0.1, -0.05) is 19.8 Å². The monoisotopic (exact) mass is 285 g/mol. The van der Waals surface area contributed by atoms with Crippen LogP contribution in [0.2, 0.25) is 0 Å². The van der Waals surface area contributed by atoms with Crippen molar-refractivity contribution in [1.82, 2.24) is 10.6 Å². The number of nitrogens with two attached hydrogens (primary N) is 1. The molecule has 3 atom stereocenters. The Morgan fingerprint density at radius 2 is 2.20 bits per heavy atom. The van der Waals surface area contributed by atoms with E-state index in [2.05, 4.69) is 17.6 Å². The smallest absolute Gasteiger partial charge is 0.321 e. The normalized spacial score (nSPS) is 27.7. The van der Waals surface area contributed by atoms with Crippen molar-refractivity contribution in [2.24, 2.45) is 11.7 Å². The quantitative estimate of drug-likeness (QED) is 0.706. The van der Waals surface area contributed by atoms with Crippen LogP contribution in [0.5, 0.6) is 0 Å². The Hall–Kier alpha value is -1.14. The minimum absolute atomic E-state index is 0.399. The van der Waals surface area contributed by atoms with Crippen molar-refractivity contribution in [3.8, 4) is 0 Å². The first-order valence-electron chi connectivity index (χ1n) is 7.39. The van der Waals surface area contributed by atoms with Crippen molar-refractivity contribution < 1.29 is 14.3 Å². The highest BCUT2D eigenvalue weighted by Gasteiger charge is 2.37. The molecule has 6 heteroatoms. The van der Waals surface area contributed by atoms with Gasteiger partial charge in [-0.2, -0.15) is 0 Å². The Labute approximate surface area is 120 Å². The topological polar surface area (TPSA) is 93.5 Å². The summed E-state index contributed by atoms with van der Waals surface area (Å²) in [4.78, 5) is 23.2. The Morgan fingerprint density at radius 3 is 2.75 bits per heavy atom. The number of carbonyl (C=O) groups excluding carboxylic acids is 2. The lowest BCUT2D eigenvalue weighted by molar-refractivity contribution is -0.150. The van der Waals surface area contributed by atoms with Gasteiger partial charge in [-0.25, -0.2) is 4.79 Å². The Balaban J connectivity index is 2.56. The van der Waals surface area contributed by atoms with Crippen molar-refractivity contribution >= 4 is 11.9 Å². The van der Waals surface area contributed by atoms with Crippen LogP contribution >= 0.6 is 0 Å². The first-order chi connectivity index (χ1) is 9.42. The predicted molar refractivity (Wildman–Crippen MR) is 77.2 cm³/mol. The van der Waals surface area contributed by atoms with Crippen molar-refractivity contribution in [2.75, 3.05) is 13.1 Å². The largest absolute Gasteiger partial charge is 0.361 e. The molecule has 0 aromatic carbocycles. The van der Waals surface area contributed by atoms with Crippen LogP contribution in [-0.4, -0.2) is 36.7 Å². The molecule has 6 nitrogen and oxygen atoms in total. The van der Waals surface area contributed by atoms with Crippen LogP contribution in [0.1, 0.15) is 46.5 Å². The summed E-state index contributed by atoms with van der Waals surface area (Å²) >= 11 is 0. The summed E-state index contributed by atoms with van der Waals surface area (Å²) in [6.07, 6.45) is 3.27. The SMILES string of the molecule is CCNC(=O)NC(=O)C(C)OC1(CN)CCCC(C)C1. The zero-order valence-corrected chi connectivity index (χ0v) is 12.7. The molecule has 1 aliphatic rings. The van der Waals surface area contributed by atoms with Gasteiger partial charge in [0, 0.05) is 13.1 Å². The third-order valence-electron chi connectivity index (χ3n) is 3.79. The van der Waals surface area contributed by atoms with E-state index >= 15 is 0 Å². The highest BCUT2D eigenvalue weighted by atomic mass is 16.5. The van der Waals surface area contributed by atoms with Gasteiger partial charge in [-0.3, -0.25) is 10.1 Å². The summed E-state index contributed by atoms with van der Waals surface area (Å²) in [5.41, 5.74) is 5.43. The number of urea groups is 1. The lowest BCUT2D eigenvalue weighted by Crippen LogP contribution is -2.51. The number of rotatable bonds is 5. The molecule has 4 N–H and O–H groups in total. The number of amides is 3. The van der Waals surface area contributed by atoms with Gasteiger partial charge < -0.3 is 15.8 Å². The van der Waals surface area contributed by atoms with Crippen LogP contribution in [0.3, 0.4) is 0 Å². The van der Waals surface area contributed by atoms with E-state index in [1.165, 1.54) is 6.42 Å². The van der Waals surface area contributed by atoms with Crippen LogP contribution in [0.4, 0.5) is 4.79 Å². The molecule has 0 aromatic heterocycles. The van der Waals surface area contributed by atoms with E-state index in [-0.39, 0.29) is 0 Å². The molecule has 0 radical (unpaired) electrons. The molecule has 0 aromatic rings. The number of ether oxygens (including phenoxy) is 1. The van der Waals surface area contributed by atoms with Crippen molar-refractivity contribution in [3.05, 3.63) is 0 Å². The number of hydrogen-bond acceptors (Lipinski definition) is 4. The first kappa shape index (κ1) is 16.9. The van der Waals surface area contributed by atoms with E-state index in [1.54, 1.807) is 13.8 Å². The number of imide groups is 1. The summed E-state index contributed by atoms with van der Waals surface area (Å²) in [5, 5.41) is 4.78. The van der Waals surface area contributed by atoms with E-state index < -0.39 is 23.6 Å². The fourth-order valence-corrected chi connectivity index (χ4v) is 2.80. The highest BCUT2D eigenvalue weighted by Crippen LogP contribution is 2.35. The molecule has 1 fully saturated rings. The van der Waals surface area contributed by atoms with Crippen LogP contribution in [-0.2, 0) is 9.53 Å². The average molecular weight is 285 g/mol. The van der Waals surface area contributed by atoms with Crippen molar-refractivity contribution in [3.63, 3.8) is 0 Å². The summed E-state index contributed by atoms with van der Waals surface area (Å²) in [6.45, 7) is 6.49.